The topological polar surface area (TPSA) is 26.0 Å². The van der Waals surface area contributed by atoms with E-state index >= 15 is 0 Å². The molecule has 0 fully saturated rings. The zero-order valence-corrected chi connectivity index (χ0v) is 13.0. The average Bonchev–Trinajstić information content (AvgIpc) is 2.48. The lowest BCUT2D eigenvalue weighted by atomic mass is 9.92. The fraction of sp³-hybridized carbons (Fsp3) is 0.333. The molecule has 106 valence electrons. The van der Waals surface area contributed by atoms with Crippen molar-refractivity contribution >= 4 is 11.6 Å². The minimum absolute atomic E-state index is 0.00338. The molecule has 0 saturated carbocycles. The number of rotatable bonds is 5. The summed E-state index contributed by atoms with van der Waals surface area (Å²) in [4.78, 5) is 0. The minimum atomic E-state index is -0.00338. The molecule has 2 aromatic carbocycles. The number of benzene rings is 2. The van der Waals surface area contributed by atoms with E-state index in [2.05, 4.69) is 38.1 Å². The summed E-state index contributed by atoms with van der Waals surface area (Å²) < 4.78 is 0. The predicted octanol–water partition coefficient (Wildman–Crippen LogP) is 4.71. The van der Waals surface area contributed by atoms with E-state index in [0.717, 1.165) is 29.8 Å². The van der Waals surface area contributed by atoms with Crippen LogP contribution in [0.3, 0.4) is 0 Å². The Kier molecular flexibility index (Phi) is 5.22. The van der Waals surface area contributed by atoms with Gasteiger partial charge in [-0.1, -0.05) is 61.8 Å². The fourth-order valence-corrected chi connectivity index (χ4v) is 2.76. The molecule has 0 bridgehead atoms. The SMILES string of the molecule is CCc1ccc(CC)c(C(N)Cc2ccccc2Cl)c1. The van der Waals surface area contributed by atoms with Crippen molar-refractivity contribution in [2.45, 2.75) is 39.2 Å². The van der Waals surface area contributed by atoms with Crippen molar-refractivity contribution in [3.05, 3.63) is 69.7 Å². The normalized spacial score (nSPS) is 12.4. The molecule has 2 aromatic rings. The van der Waals surface area contributed by atoms with Crippen molar-refractivity contribution in [2.24, 2.45) is 5.73 Å². The standard InChI is InChI=1S/C18H22ClN/c1-3-13-9-10-14(4-2)16(11-13)18(20)12-15-7-5-6-8-17(15)19/h5-11,18H,3-4,12,20H2,1-2H3. The molecular weight excluding hydrogens is 266 g/mol. The average molecular weight is 288 g/mol. The van der Waals surface area contributed by atoms with Crippen LogP contribution in [0.5, 0.6) is 0 Å². The van der Waals surface area contributed by atoms with Crippen molar-refractivity contribution in [1.82, 2.24) is 0 Å². The highest BCUT2D eigenvalue weighted by Gasteiger charge is 2.13. The number of aryl methyl sites for hydroxylation is 2. The smallest absolute Gasteiger partial charge is 0.0438 e. The zero-order chi connectivity index (χ0) is 14.5. The molecule has 0 aromatic heterocycles. The van der Waals surface area contributed by atoms with Crippen LogP contribution in [0.15, 0.2) is 42.5 Å². The Morgan fingerprint density at radius 2 is 1.75 bits per heavy atom. The third kappa shape index (κ3) is 3.41. The number of hydrogen-bond acceptors (Lipinski definition) is 1. The zero-order valence-electron chi connectivity index (χ0n) is 12.2. The summed E-state index contributed by atoms with van der Waals surface area (Å²) in [6.45, 7) is 4.34. The third-order valence-electron chi connectivity index (χ3n) is 3.80. The van der Waals surface area contributed by atoms with Gasteiger partial charge in [-0.2, -0.15) is 0 Å². The van der Waals surface area contributed by atoms with E-state index in [1.165, 1.54) is 16.7 Å². The lowest BCUT2D eigenvalue weighted by Gasteiger charge is -2.18. The number of nitrogens with two attached hydrogens (primary N) is 1. The molecule has 0 aliphatic heterocycles. The first-order valence-electron chi connectivity index (χ1n) is 7.26. The molecule has 0 saturated heterocycles. The quantitative estimate of drug-likeness (QED) is 0.847. The van der Waals surface area contributed by atoms with Gasteiger partial charge in [-0.25, -0.2) is 0 Å². The third-order valence-corrected chi connectivity index (χ3v) is 4.17. The van der Waals surface area contributed by atoms with Crippen molar-refractivity contribution in [3.63, 3.8) is 0 Å². The van der Waals surface area contributed by atoms with E-state index in [1.54, 1.807) is 0 Å². The van der Waals surface area contributed by atoms with E-state index in [-0.39, 0.29) is 6.04 Å². The molecule has 0 radical (unpaired) electrons. The first kappa shape index (κ1) is 15.1. The Balaban J connectivity index is 2.28. The van der Waals surface area contributed by atoms with Crippen LogP contribution in [0.25, 0.3) is 0 Å². The van der Waals surface area contributed by atoms with Crippen molar-refractivity contribution in [3.8, 4) is 0 Å². The molecule has 0 aliphatic rings. The van der Waals surface area contributed by atoms with Crippen LogP contribution in [0.4, 0.5) is 0 Å². The largest absolute Gasteiger partial charge is 0.324 e. The van der Waals surface area contributed by atoms with Gasteiger partial charge in [0.2, 0.25) is 0 Å². The Hall–Kier alpha value is -1.31. The highest BCUT2D eigenvalue weighted by atomic mass is 35.5. The van der Waals surface area contributed by atoms with Crippen molar-refractivity contribution in [1.29, 1.82) is 0 Å². The summed E-state index contributed by atoms with van der Waals surface area (Å²) >= 11 is 6.23. The van der Waals surface area contributed by atoms with E-state index in [4.69, 9.17) is 17.3 Å². The van der Waals surface area contributed by atoms with Crippen LogP contribution in [-0.4, -0.2) is 0 Å². The lowest BCUT2D eigenvalue weighted by molar-refractivity contribution is 0.710. The molecule has 0 spiro atoms. The van der Waals surface area contributed by atoms with Crippen LogP contribution < -0.4 is 5.73 Å². The first-order valence-corrected chi connectivity index (χ1v) is 7.64. The second-order valence-corrected chi connectivity index (χ2v) is 5.55. The second-order valence-electron chi connectivity index (χ2n) is 5.14. The van der Waals surface area contributed by atoms with Crippen LogP contribution in [0, 0.1) is 0 Å². The van der Waals surface area contributed by atoms with Gasteiger partial charge in [0.05, 0.1) is 0 Å². The van der Waals surface area contributed by atoms with Crippen LogP contribution in [0.2, 0.25) is 5.02 Å². The molecular formula is C18H22ClN. The Bertz CT molecular complexity index is 577. The van der Waals surface area contributed by atoms with Crippen LogP contribution in [0.1, 0.15) is 42.1 Å². The molecule has 0 amide bonds. The Labute approximate surface area is 126 Å². The predicted molar refractivity (Wildman–Crippen MR) is 87.3 cm³/mol. The van der Waals surface area contributed by atoms with Gasteiger partial charge in [0.25, 0.3) is 0 Å². The maximum atomic E-state index is 6.44. The van der Waals surface area contributed by atoms with Crippen LogP contribution in [-0.2, 0) is 19.3 Å². The van der Waals surface area contributed by atoms with Gasteiger partial charge in [-0.05, 0) is 47.6 Å². The summed E-state index contributed by atoms with van der Waals surface area (Å²) in [6, 6.07) is 14.6. The van der Waals surface area contributed by atoms with Gasteiger partial charge in [0.15, 0.2) is 0 Å². The van der Waals surface area contributed by atoms with Crippen LogP contribution >= 0.6 is 11.6 Å². The molecule has 2 N–H and O–H groups in total. The summed E-state index contributed by atoms with van der Waals surface area (Å²) in [5.74, 6) is 0. The van der Waals surface area contributed by atoms with E-state index in [1.807, 2.05) is 18.2 Å². The molecule has 1 unspecified atom stereocenters. The molecule has 20 heavy (non-hydrogen) atoms. The van der Waals surface area contributed by atoms with Gasteiger partial charge in [-0.3, -0.25) is 0 Å². The Morgan fingerprint density at radius 3 is 2.40 bits per heavy atom. The van der Waals surface area contributed by atoms with E-state index in [0.29, 0.717) is 0 Å². The summed E-state index contributed by atoms with van der Waals surface area (Å²) in [6.07, 6.45) is 2.82. The van der Waals surface area contributed by atoms with E-state index < -0.39 is 0 Å². The highest BCUT2D eigenvalue weighted by Crippen LogP contribution is 2.25. The maximum absolute atomic E-state index is 6.44. The summed E-state index contributed by atoms with van der Waals surface area (Å²) in [5, 5.41) is 0.799. The molecule has 1 atom stereocenters. The monoisotopic (exact) mass is 287 g/mol. The highest BCUT2D eigenvalue weighted by molar-refractivity contribution is 6.31. The maximum Gasteiger partial charge on any atom is 0.0438 e. The second kappa shape index (κ2) is 6.92. The van der Waals surface area contributed by atoms with E-state index in [9.17, 15) is 0 Å². The van der Waals surface area contributed by atoms with Gasteiger partial charge in [0.1, 0.15) is 0 Å². The summed E-state index contributed by atoms with van der Waals surface area (Å²) in [7, 11) is 0. The van der Waals surface area contributed by atoms with Gasteiger partial charge >= 0.3 is 0 Å². The Morgan fingerprint density at radius 1 is 1.00 bits per heavy atom. The molecule has 2 heteroatoms. The molecule has 1 nitrogen and oxygen atoms in total. The fourth-order valence-electron chi connectivity index (χ4n) is 2.54. The lowest BCUT2D eigenvalue weighted by Crippen LogP contribution is -2.16. The summed E-state index contributed by atoms with van der Waals surface area (Å²) in [5.41, 5.74) is 11.5. The molecule has 0 heterocycles. The minimum Gasteiger partial charge on any atom is -0.324 e. The van der Waals surface area contributed by atoms with Crippen molar-refractivity contribution < 1.29 is 0 Å². The van der Waals surface area contributed by atoms with Gasteiger partial charge in [-0.15, -0.1) is 0 Å². The number of hydrogen-bond donors (Lipinski definition) is 1. The van der Waals surface area contributed by atoms with Crippen molar-refractivity contribution in [2.75, 3.05) is 0 Å². The number of halogens is 1. The van der Waals surface area contributed by atoms with Gasteiger partial charge in [0, 0.05) is 11.1 Å². The van der Waals surface area contributed by atoms with Gasteiger partial charge < -0.3 is 5.73 Å². The first-order chi connectivity index (χ1) is 9.65. The molecule has 0 aliphatic carbocycles. The molecule has 2 rings (SSSR count).